The summed E-state index contributed by atoms with van der Waals surface area (Å²) >= 11 is 0. The van der Waals surface area contributed by atoms with Crippen molar-refractivity contribution in [1.29, 1.82) is 0 Å². The van der Waals surface area contributed by atoms with Gasteiger partial charge in [0.15, 0.2) is 0 Å². The Balaban J connectivity index is 2.01. The van der Waals surface area contributed by atoms with Crippen molar-refractivity contribution in [2.24, 2.45) is 17.8 Å². The molecular formula is C9H16O2. The second-order valence-electron chi connectivity index (χ2n) is 4.20. The molecule has 2 fully saturated rings. The number of hydrogen-bond donors (Lipinski definition) is 2. The van der Waals surface area contributed by atoms with Gasteiger partial charge < -0.3 is 10.2 Å². The lowest BCUT2D eigenvalue weighted by molar-refractivity contribution is 0.00302. The highest BCUT2D eigenvalue weighted by Crippen LogP contribution is 2.46. The van der Waals surface area contributed by atoms with Crippen molar-refractivity contribution in [1.82, 2.24) is 0 Å². The molecule has 0 heterocycles. The van der Waals surface area contributed by atoms with E-state index in [0.29, 0.717) is 11.8 Å². The predicted octanol–water partition coefficient (Wildman–Crippen LogP) is 0.774. The van der Waals surface area contributed by atoms with E-state index in [-0.39, 0.29) is 0 Å². The van der Waals surface area contributed by atoms with Crippen molar-refractivity contribution >= 4 is 0 Å². The van der Waals surface area contributed by atoms with Gasteiger partial charge in [-0.1, -0.05) is 6.92 Å². The summed E-state index contributed by atoms with van der Waals surface area (Å²) in [7, 11) is 0. The van der Waals surface area contributed by atoms with Crippen LogP contribution in [0.1, 0.15) is 26.2 Å². The average Bonchev–Trinajstić information content (AvgIpc) is 2.76. The molecule has 0 aromatic rings. The van der Waals surface area contributed by atoms with Gasteiger partial charge >= 0.3 is 0 Å². The monoisotopic (exact) mass is 156 g/mol. The third kappa shape index (κ3) is 1.18. The smallest absolute Gasteiger partial charge is 0.0832 e. The van der Waals surface area contributed by atoms with Gasteiger partial charge in [0, 0.05) is 0 Å². The molecule has 11 heavy (non-hydrogen) atoms. The van der Waals surface area contributed by atoms with E-state index < -0.39 is 12.2 Å². The third-order valence-electron chi connectivity index (χ3n) is 3.24. The summed E-state index contributed by atoms with van der Waals surface area (Å²) in [5.74, 6) is 1.43. The van der Waals surface area contributed by atoms with E-state index in [0.717, 1.165) is 12.3 Å². The first-order valence-corrected chi connectivity index (χ1v) is 4.56. The number of aliphatic hydroxyl groups is 2. The quantitative estimate of drug-likeness (QED) is 0.589. The number of aliphatic hydroxyl groups excluding tert-OH is 2. The molecule has 2 saturated carbocycles. The molecule has 2 rings (SSSR count). The normalized spacial score (nSPS) is 51.5. The van der Waals surface area contributed by atoms with Gasteiger partial charge in [0.1, 0.15) is 0 Å². The molecule has 2 N–H and O–H groups in total. The van der Waals surface area contributed by atoms with E-state index in [1.54, 1.807) is 0 Å². The topological polar surface area (TPSA) is 40.5 Å². The second-order valence-corrected chi connectivity index (χ2v) is 4.20. The van der Waals surface area contributed by atoms with Crippen molar-refractivity contribution in [2.45, 2.75) is 38.4 Å². The average molecular weight is 156 g/mol. The second kappa shape index (κ2) is 2.46. The Morgan fingerprint density at radius 2 is 1.73 bits per heavy atom. The molecule has 0 unspecified atom stereocenters. The van der Waals surface area contributed by atoms with Crippen LogP contribution in [-0.4, -0.2) is 22.4 Å². The molecule has 2 aliphatic carbocycles. The fourth-order valence-corrected chi connectivity index (χ4v) is 2.29. The number of hydrogen-bond acceptors (Lipinski definition) is 2. The minimum Gasteiger partial charge on any atom is -0.390 e. The minimum absolute atomic E-state index is 0.301. The summed E-state index contributed by atoms with van der Waals surface area (Å²) in [4.78, 5) is 0. The van der Waals surface area contributed by atoms with Crippen molar-refractivity contribution in [3.63, 3.8) is 0 Å². The largest absolute Gasteiger partial charge is 0.390 e. The summed E-state index contributed by atoms with van der Waals surface area (Å²) < 4.78 is 0. The molecule has 0 aromatic heterocycles. The van der Waals surface area contributed by atoms with Crippen LogP contribution in [0.3, 0.4) is 0 Å². The van der Waals surface area contributed by atoms with E-state index in [4.69, 9.17) is 0 Å². The highest BCUT2D eigenvalue weighted by Gasteiger charge is 2.46. The Kier molecular flexibility index (Phi) is 1.69. The molecule has 0 amide bonds. The van der Waals surface area contributed by atoms with Gasteiger partial charge in [-0.05, 0) is 37.0 Å². The molecule has 0 radical (unpaired) electrons. The molecule has 2 heteroatoms. The van der Waals surface area contributed by atoms with Crippen LogP contribution < -0.4 is 0 Å². The molecular weight excluding hydrogens is 140 g/mol. The first-order chi connectivity index (χ1) is 5.20. The van der Waals surface area contributed by atoms with Crippen LogP contribution in [0.5, 0.6) is 0 Å². The first kappa shape index (κ1) is 7.56. The lowest BCUT2D eigenvalue weighted by Gasteiger charge is -2.15. The van der Waals surface area contributed by atoms with Gasteiger partial charge in [-0.15, -0.1) is 0 Å². The van der Waals surface area contributed by atoms with E-state index in [1.165, 1.54) is 12.8 Å². The fraction of sp³-hybridized carbons (Fsp3) is 1.00. The van der Waals surface area contributed by atoms with Gasteiger partial charge in [0.2, 0.25) is 0 Å². The van der Waals surface area contributed by atoms with Gasteiger partial charge in [-0.25, -0.2) is 0 Å². The third-order valence-corrected chi connectivity index (χ3v) is 3.24. The van der Waals surface area contributed by atoms with Crippen LogP contribution in [0, 0.1) is 17.8 Å². The van der Waals surface area contributed by atoms with Gasteiger partial charge in [-0.2, -0.15) is 0 Å². The van der Waals surface area contributed by atoms with Gasteiger partial charge in [0.25, 0.3) is 0 Å². The fourth-order valence-electron chi connectivity index (χ4n) is 2.29. The standard InChI is InChI=1S/C9H16O2/c1-5-4-7(6-2-3-6)9(11)8(5)10/h5-11H,2-4H2,1H3/t5-,7-,8+,9-/m1/s1. The minimum atomic E-state index is -0.458. The highest BCUT2D eigenvalue weighted by atomic mass is 16.3. The van der Waals surface area contributed by atoms with E-state index in [1.807, 2.05) is 6.92 Å². The van der Waals surface area contributed by atoms with Crippen LogP contribution in [0.15, 0.2) is 0 Å². The summed E-state index contributed by atoms with van der Waals surface area (Å²) in [6.45, 7) is 2.02. The zero-order valence-electron chi connectivity index (χ0n) is 6.90. The molecule has 2 nitrogen and oxygen atoms in total. The summed E-state index contributed by atoms with van der Waals surface area (Å²) in [5.41, 5.74) is 0. The zero-order valence-corrected chi connectivity index (χ0v) is 6.90. The molecule has 0 bridgehead atoms. The number of rotatable bonds is 1. The lowest BCUT2D eigenvalue weighted by atomic mass is 9.99. The summed E-state index contributed by atoms with van der Waals surface area (Å²) in [6, 6.07) is 0. The van der Waals surface area contributed by atoms with Gasteiger partial charge in [-0.3, -0.25) is 0 Å². The van der Waals surface area contributed by atoms with E-state index in [2.05, 4.69) is 0 Å². The van der Waals surface area contributed by atoms with Crippen molar-refractivity contribution < 1.29 is 10.2 Å². The molecule has 0 aliphatic heterocycles. The Labute approximate surface area is 67.2 Å². The zero-order chi connectivity index (χ0) is 8.01. The Morgan fingerprint density at radius 3 is 2.09 bits per heavy atom. The summed E-state index contributed by atoms with van der Waals surface area (Å²) in [6.07, 6.45) is 2.66. The molecule has 2 aliphatic rings. The maximum Gasteiger partial charge on any atom is 0.0832 e. The van der Waals surface area contributed by atoms with Crippen molar-refractivity contribution in [3.8, 4) is 0 Å². The summed E-state index contributed by atoms with van der Waals surface area (Å²) in [5, 5.41) is 19.1. The van der Waals surface area contributed by atoms with Gasteiger partial charge in [0.05, 0.1) is 12.2 Å². The molecule has 4 atom stereocenters. The molecule has 0 saturated heterocycles. The predicted molar refractivity (Wildman–Crippen MR) is 42.0 cm³/mol. The van der Waals surface area contributed by atoms with Crippen molar-refractivity contribution in [2.75, 3.05) is 0 Å². The Morgan fingerprint density at radius 1 is 1.09 bits per heavy atom. The maximum atomic E-state index is 9.59. The highest BCUT2D eigenvalue weighted by molar-refractivity contribution is 4.96. The lowest BCUT2D eigenvalue weighted by Crippen LogP contribution is -2.28. The Hall–Kier alpha value is -0.0800. The van der Waals surface area contributed by atoms with Crippen LogP contribution >= 0.6 is 0 Å². The van der Waals surface area contributed by atoms with E-state index in [9.17, 15) is 10.2 Å². The van der Waals surface area contributed by atoms with Crippen LogP contribution in [-0.2, 0) is 0 Å². The molecule has 0 aromatic carbocycles. The molecule has 0 spiro atoms. The van der Waals surface area contributed by atoms with E-state index >= 15 is 0 Å². The first-order valence-electron chi connectivity index (χ1n) is 4.56. The van der Waals surface area contributed by atoms with Crippen LogP contribution in [0.25, 0.3) is 0 Å². The SMILES string of the molecule is C[C@@H]1C[C@H](C2CC2)[C@@H](O)[C@H]1O. The molecule has 64 valence electrons. The Bertz CT molecular complexity index is 154. The van der Waals surface area contributed by atoms with Crippen LogP contribution in [0.2, 0.25) is 0 Å². The van der Waals surface area contributed by atoms with Crippen LogP contribution in [0.4, 0.5) is 0 Å². The van der Waals surface area contributed by atoms with Crippen molar-refractivity contribution in [3.05, 3.63) is 0 Å². The maximum absolute atomic E-state index is 9.59.